The molecule has 2 rings (SSSR count). The fourth-order valence-corrected chi connectivity index (χ4v) is 2.30. The Kier molecular flexibility index (Phi) is 4.70. The zero-order valence-corrected chi connectivity index (χ0v) is 12.9. The number of hydrogen-bond donors (Lipinski definition) is 0. The number of amides is 1. The SMILES string of the molecule is CC(C)CN(C(=O)C1COc2ccc(F)cc2O1)C(C)C. The van der Waals surface area contributed by atoms with Crippen molar-refractivity contribution in [2.24, 2.45) is 5.92 Å². The van der Waals surface area contributed by atoms with Gasteiger partial charge in [-0.25, -0.2) is 4.39 Å². The van der Waals surface area contributed by atoms with Crippen molar-refractivity contribution in [1.29, 1.82) is 0 Å². The Morgan fingerprint density at radius 3 is 2.67 bits per heavy atom. The summed E-state index contributed by atoms with van der Waals surface area (Å²) in [5.74, 6) is 0.598. The lowest BCUT2D eigenvalue weighted by Gasteiger charge is -2.34. The van der Waals surface area contributed by atoms with Crippen molar-refractivity contribution in [2.75, 3.05) is 13.2 Å². The summed E-state index contributed by atoms with van der Waals surface area (Å²) < 4.78 is 24.4. The van der Waals surface area contributed by atoms with Gasteiger partial charge in [-0.3, -0.25) is 4.79 Å². The molecule has 0 saturated carbocycles. The van der Waals surface area contributed by atoms with E-state index in [2.05, 4.69) is 13.8 Å². The molecule has 116 valence electrons. The number of carbonyl (C=O) groups excluding carboxylic acids is 1. The van der Waals surface area contributed by atoms with Crippen LogP contribution in [0.5, 0.6) is 11.5 Å². The maximum atomic E-state index is 13.3. The largest absolute Gasteiger partial charge is 0.485 e. The van der Waals surface area contributed by atoms with Crippen LogP contribution in [-0.4, -0.2) is 36.1 Å². The first kappa shape index (κ1) is 15.6. The summed E-state index contributed by atoms with van der Waals surface area (Å²) in [5, 5.41) is 0. The van der Waals surface area contributed by atoms with Gasteiger partial charge in [0.25, 0.3) is 5.91 Å². The van der Waals surface area contributed by atoms with Crippen LogP contribution in [0.15, 0.2) is 18.2 Å². The lowest BCUT2D eigenvalue weighted by Crippen LogP contribution is -2.50. The van der Waals surface area contributed by atoms with Crippen molar-refractivity contribution >= 4 is 5.91 Å². The minimum absolute atomic E-state index is 0.0809. The van der Waals surface area contributed by atoms with Gasteiger partial charge in [-0.2, -0.15) is 0 Å². The number of ether oxygens (including phenoxy) is 2. The van der Waals surface area contributed by atoms with Gasteiger partial charge >= 0.3 is 0 Å². The van der Waals surface area contributed by atoms with Gasteiger partial charge < -0.3 is 14.4 Å². The molecule has 0 fully saturated rings. The Morgan fingerprint density at radius 1 is 1.33 bits per heavy atom. The normalized spacial score (nSPS) is 17.2. The average molecular weight is 295 g/mol. The van der Waals surface area contributed by atoms with Gasteiger partial charge in [0.1, 0.15) is 12.4 Å². The molecule has 1 atom stereocenters. The van der Waals surface area contributed by atoms with Crippen LogP contribution in [0.25, 0.3) is 0 Å². The average Bonchev–Trinajstić information content (AvgIpc) is 2.42. The van der Waals surface area contributed by atoms with E-state index in [9.17, 15) is 9.18 Å². The van der Waals surface area contributed by atoms with Crippen LogP contribution in [0.3, 0.4) is 0 Å². The van der Waals surface area contributed by atoms with E-state index in [0.717, 1.165) is 0 Å². The van der Waals surface area contributed by atoms with Crippen molar-refractivity contribution in [2.45, 2.75) is 39.8 Å². The van der Waals surface area contributed by atoms with Crippen LogP contribution >= 0.6 is 0 Å². The van der Waals surface area contributed by atoms with E-state index >= 15 is 0 Å². The van der Waals surface area contributed by atoms with Crippen LogP contribution in [0.4, 0.5) is 4.39 Å². The Bertz CT molecular complexity index is 516. The van der Waals surface area contributed by atoms with Crippen LogP contribution < -0.4 is 9.47 Å². The molecule has 1 aromatic rings. The quantitative estimate of drug-likeness (QED) is 0.857. The second-order valence-electron chi connectivity index (χ2n) is 5.99. The molecular formula is C16H22FNO3. The summed E-state index contributed by atoms with van der Waals surface area (Å²) in [6, 6.07) is 4.15. The smallest absolute Gasteiger partial charge is 0.267 e. The fourth-order valence-electron chi connectivity index (χ4n) is 2.30. The lowest BCUT2D eigenvalue weighted by molar-refractivity contribution is -0.143. The highest BCUT2D eigenvalue weighted by atomic mass is 19.1. The Hall–Kier alpha value is -1.78. The molecule has 0 N–H and O–H groups in total. The van der Waals surface area contributed by atoms with Gasteiger partial charge in [0.05, 0.1) is 0 Å². The zero-order valence-electron chi connectivity index (χ0n) is 12.9. The van der Waals surface area contributed by atoms with Crippen molar-refractivity contribution in [3.63, 3.8) is 0 Å². The highest BCUT2D eigenvalue weighted by Crippen LogP contribution is 2.32. The first-order valence-electron chi connectivity index (χ1n) is 7.28. The van der Waals surface area contributed by atoms with E-state index in [1.165, 1.54) is 18.2 Å². The third kappa shape index (κ3) is 3.65. The van der Waals surface area contributed by atoms with Crippen LogP contribution in [0, 0.1) is 11.7 Å². The summed E-state index contributed by atoms with van der Waals surface area (Å²) in [4.78, 5) is 14.4. The van der Waals surface area contributed by atoms with E-state index < -0.39 is 11.9 Å². The van der Waals surface area contributed by atoms with Gasteiger partial charge in [-0.1, -0.05) is 13.8 Å². The third-order valence-corrected chi connectivity index (χ3v) is 3.31. The third-order valence-electron chi connectivity index (χ3n) is 3.31. The maximum Gasteiger partial charge on any atom is 0.267 e. The van der Waals surface area contributed by atoms with Crippen molar-refractivity contribution in [1.82, 2.24) is 4.90 Å². The first-order valence-corrected chi connectivity index (χ1v) is 7.28. The molecule has 1 heterocycles. The van der Waals surface area contributed by atoms with E-state index in [4.69, 9.17) is 9.47 Å². The standard InChI is InChI=1S/C16H22FNO3/c1-10(2)8-18(11(3)4)16(19)15-9-20-13-6-5-12(17)7-14(13)21-15/h5-7,10-11,15H,8-9H2,1-4H3. The molecule has 1 aliphatic rings. The molecule has 0 saturated heterocycles. The summed E-state index contributed by atoms with van der Waals surface area (Å²) >= 11 is 0. The molecule has 1 unspecified atom stereocenters. The summed E-state index contributed by atoms with van der Waals surface area (Å²) in [6.07, 6.45) is -0.722. The molecule has 0 bridgehead atoms. The Balaban J connectivity index is 2.13. The number of carbonyl (C=O) groups is 1. The fraction of sp³-hybridized carbons (Fsp3) is 0.562. The van der Waals surface area contributed by atoms with Crippen LogP contribution in [-0.2, 0) is 4.79 Å². The van der Waals surface area contributed by atoms with Crippen molar-refractivity contribution < 1.29 is 18.7 Å². The molecule has 5 heteroatoms. The minimum atomic E-state index is -0.722. The Morgan fingerprint density at radius 2 is 2.05 bits per heavy atom. The molecule has 1 amide bonds. The molecule has 1 aliphatic heterocycles. The molecule has 0 aliphatic carbocycles. The molecule has 21 heavy (non-hydrogen) atoms. The van der Waals surface area contributed by atoms with Gasteiger partial charge in [-0.15, -0.1) is 0 Å². The predicted molar refractivity (Wildman–Crippen MR) is 78.0 cm³/mol. The predicted octanol–water partition coefficient (Wildman–Crippen LogP) is 2.86. The molecular weight excluding hydrogens is 273 g/mol. The number of fused-ring (bicyclic) bond motifs is 1. The minimum Gasteiger partial charge on any atom is -0.485 e. The molecule has 4 nitrogen and oxygen atoms in total. The molecule has 0 aromatic heterocycles. The van der Waals surface area contributed by atoms with E-state index in [0.29, 0.717) is 18.2 Å². The second-order valence-corrected chi connectivity index (χ2v) is 5.99. The zero-order chi connectivity index (χ0) is 15.6. The first-order chi connectivity index (χ1) is 9.88. The lowest BCUT2D eigenvalue weighted by atomic mass is 10.1. The topological polar surface area (TPSA) is 38.8 Å². The molecule has 0 radical (unpaired) electrons. The molecule has 0 spiro atoms. The van der Waals surface area contributed by atoms with Crippen molar-refractivity contribution in [3.05, 3.63) is 24.0 Å². The van der Waals surface area contributed by atoms with E-state index in [1.54, 1.807) is 4.90 Å². The summed E-state index contributed by atoms with van der Waals surface area (Å²) in [5.41, 5.74) is 0. The highest BCUT2D eigenvalue weighted by Gasteiger charge is 2.32. The Labute approximate surface area is 124 Å². The number of halogens is 1. The van der Waals surface area contributed by atoms with Gasteiger partial charge in [0.15, 0.2) is 11.5 Å². The van der Waals surface area contributed by atoms with Crippen LogP contribution in [0.2, 0.25) is 0 Å². The maximum absolute atomic E-state index is 13.3. The van der Waals surface area contributed by atoms with Crippen molar-refractivity contribution in [3.8, 4) is 11.5 Å². The van der Waals surface area contributed by atoms with Gasteiger partial charge in [0.2, 0.25) is 6.10 Å². The summed E-state index contributed by atoms with van der Waals surface area (Å²) in [6.45, 7) is 8.87. The van der Waals surface area contributed by atoms with E-state index in [1.807, 2.05) is 13.8 Å². The second kappa shape index (κ2) is 6.33. The number of nitrogens with zero attached hydrogens (tertiary/aromatic N) is 1. The number of hydrogen-bond acceptors (Lipinski definition) is 3. The number of rotatable bonds is 4. The monoisotopic (exact) mass is 295 g/mol. The van der Waals surface area contributed by atoms with Crippen LogP contribution in [0.1, 0.15) is 27.7 Å². The van der Waals surface area contributed by atoms with Gasteiger partial charge in [-0.05, 0) is 31.9 Å². The summed E-state index contributed by atoms with van der Waals surface area (Å²) in [7, 11) is 0. The van der Waals surface area contributed by atoms with Gasteiger partial charge in [0, 0.05) is 18.7 Å². The number of benzene rings is 1. The van der Waals surface area contributed by atoms with E-state index in [-0.39, 0.29) is 24.3 Å². The highest BCUT2D eigenvalue weighted by molar-refractivity contribution is 5.82. The molecule has 1 aromatic carbocycles.